The fourth-order valence-corrected chi connectivity index (χ4v) is 0.852. The summed E-state index contributed by atoms with van der Waals surface area (Å²) in [5.41, 5.74) is 5.94. The molecule has 0 aromatic heterocycles. The summed E-state index contributed by atoms with van der Waals surface area (Å²) in [6.07, 6.45) is 0. The molecular formula is C9H12N2O2. The van der Waals surface area contributed by atoms with E-state index < -0.39 is 0 Å². The highest BCUT2D eigenvalue weighted by atomic mass is 16.5. The Kier molecular flexibility index (Phi) is 3.28. The van der Waals surface area contributed by atoms with E-state index in [9.17, 15) is 0 Å². The maximum Gasteiger partial charge on any atom is 0.145 e. The largest absolute Gasteiger partial charge is 0.486 e. The number of hydrogen-bond donors (Lipinski definition) is 3. The van der Waals surface area contributed by atoms with E-state index in [1.807, 2.05) is 0 Å². The van der Waals surface area contributed by atoms with Crippen molar-refractivity contribution in [3.63, 3.8) is 0 Å². The Hall–Kier alpha value is -1.55. The molecule has 0 saturated heterocycles. The SMILES string of the molecule is N=C(N)COc1ccc(CO)cc1. The van der Waals surface area contributed by atoms with Gasteiger partial charge in [0.25, 0.3) is 0 Å². The highest BCUT2D eigenvalue weighted by molar-refractivity contribution is 5.78. The van der Waals surface area contributed by atoms with Gasteiger partial charge in [0.05, 0.1) is 6.61 Å². The molecule has 1 rings (SSSR count). The lowest BCUT2D eigenvalue weighted by molar-refractivity contribution is 0.281. The van der Waals surface area contributed by atoms with Crippen molar-refractivity contribution in [2.75, 3.05) is 6.61 Å². The van der Waals surface area contributed by atoms with Crippen molar-refractivity contribution < 1.29 is 9.84 Å². The average molecular weight is 180 g/mol. The van der Waals surface area contributed by atoms with Crippen LogP contribution in [0.15, 0.2) is 24.3 Å². The Morgan fingerprint density at radius 1 is 1.38 bits per heavy atom. The van der Waals surface area contributed by atoms with Crippen molar-refractivity contribution in [3.8, 4) is 5.75 Å². The Labute approximate surface area is 76.5 Å². The summed E-state index contributed by atoms with van der Waals surface area (Å²) in [6.45, 7) is 0.117. The maximum absolute atomic E-state index is 8.75. The summed E-state index contributed by atoms with van der Waals surface area (Å²) in [7, 11) is 0. The van der Waals surface area contributed by atoms with E-state index in [2.05, 4.69) is 0 Å². The number of amidine groups is 1. The van der Waals surface area contributed by atoms with Crippen LogP contribution in [0.1, 0.15) is 5.56 Å². The van der Waals surface area contributed by atoms with Gasteiger partial charge < -0.3 is 15.6 Å². The minimum absolute atomic E-state index is 0.00812. The van der Waals surface area contributed by atoms with Crippen molar-refractivity contribution in [1.82, 2.24) is 0 Å². The number of aliphatic hydroxyl groups is 1. The van der Waals surface area contributed by atoms with Crippen LogP contribution in [0, 0.1) is 5.41 Å². The van der Waals surface area contributed by atoms with E-state index >= 15 is 0 Å². The van der Waals surface area contributed by atoms with Crippen molar-refractivity contribution in [2.24, 2.45) is 5.73 Å². The molecule has 0 amide bonds. The predicted octanol–water partition coefficient (Wildman–Crippen LogP) is 0.494. The van der Waals surface area contributed by atoms with Gasteiger partial charge >= 0.3 is 0 Å². The molecule has 0 atom stereocenters. The molecule has 0 heterocycles. The van der Waals surface area contributed by atoms with Gasteiger partial charge in [-0.05, 0) is 17.7 Å². The van der Waals surface area contributed by atoms with E-state index in [4.69, 9.17) is 21.0 Å². The van der Waals surface area contributed by atoms with Gasteiger partial charge in [-0.2, -0.15) is 0 Å². The zero-order chi connectivity index (χ0) is 9.68. The lowest BCUT2D eigenvalue weighted by atomic mass is 10.2. The van der Waals surface area contributed by atoms with Gasteiger partial charge in [0.2, 0.25) is 0 Å². The lowest BCUT2D eigenvalue weighted by Crippen LogP contribution is -2.19. The summed E-state index contributed by atoms with van der Waals surface area (Å²) < 4.78 is 5.14. The molecule has 70 valence electrons. The van der Waals surface area contributed by atoms with E-state index in [0.717, 1.165) is 5.56 Å². The normalized spacial score (nSPS) is 9.62. The summed E-state index contributed by atoms with van der Waals surface area (Å²) in [5.74, 6) is 0.638. The Morgan fingerprint density at radius 3 is 2.46 bits per heavy atom. The third-order valence-electron chi connectivity index (χ3n) is 1.50. The van der Waals surface area contributed by atoms with Gasteiger partial charge in [-0.3, -0.25) is 5.41 Å². The molecular weight excluding hydrogens is 168 g/mol. The fraction of sp³-hybridized carbons (Fsp3) is 0.222. The molecule has 1 aromatic carbocycles. The van der Waals surface area contributed by atoms with Crippen LogP contribution in [0.25, 0.3) is 0 Å². The fourth-order valence-electron chi connectivity index (χ4n) is 0.852. The van der Waals surface area contributed by atoms with E-state index in [1.165, 1.54) is 0 Å². The first kappa shape index (κ1) is 9.54. The number of benzene rings is 1. The Morgan fingerprint density at radius 2 is 2.00 bits per heavy atom. The molecule has 0 unspecified atom stereocenters. The summed E-state index contributed by atoms with van der Waals surface area (Å²) in [5, 5.41) is 15.7. The number of hydrogen-bond acceptors (Lipinski definition) is 3. The number of nitrogens with one attached hydrogen (secondary N) is 1. The second-order valence-electron chi connectivity index (χ2n) is 2.62. The highest BCUT2D eigenvalue weighted by Gasteiger charge is 1.95. The molecule has 0 aliphatic rings. The number of rotatable bonds is 4. The van der Waals surface area contributed by atoms with Gasteiger partial charge in [0.1, 0.15) is 18.2 Å². The summed E-state index contributed by atoms with van der Waals surface area (Å²) in [4.78, 5) is 0. The third-order valence-corrected chi connectivity index (χ3v) is 1.50. The van der Waals surface area contributed by atoms with Crippen LogP contribution in [-0.2, 0) is 6.61 Å². The molecule has 0 aliphatic carbocycles. The smallest absolute Gasteiger partial charge is 0.145 e. The van der Waals surface area contributed by atoms with Gasteiger partial charge in [-0.25, -0.2) is 0 Å². The van der Waals surface area contributed by atoms with E-state index in [0.29, 0.717) is 5.75 Å². The topological polar surface area (TPSA) is 79.3 Å². The summed E-state index contributed by atoms with van der Waals surface area (Å²) >= 11 is 0. The molecule has 4 heteroatoms. The van der Waals surface area contributed by atoms with Gasteiger partial charge in [-0.1, -0.05) is 12.1 Å². The van der Waals surface area contributed by atoms with Crippen LogP contribution in [-0.4, -0.2) is 17.5 Å². The molecule has 13 heavy (non-hydrogen) atoms. The molecule has 0 spiro atoms. The first-order valence-corrected chi connectivity index (χ1v) is 3.88. The second-order valence-corrected chi connectivity index (χ2v) is 2.62. The van der Waals surface area contributed by atoms with Crippen molar-refractivity contribution in [1.29, 1.82) is 5.41 Å². The Bertz CT molecular complexity index is 282. The lowest BCUT2D eigenvalue weighted by Gasteiger charge is -2.04. The molecule has 0 bridgehead atoms. The molecule has 0 saturated carbocycles. The van der Waals surface area contributed by atoms with Crippen LogP contribution in [0.3, 0.4) is 0 Å². The number of aliphatic hydroxyl groups excluding tert-OH is 1. The summed E-state index contributed by atoms with van der Waals surface area (Å²) in [6, 6.07) is 6.98. The van der Waals surface area contributed by atoms with Gasteiger partial charge in [0.15, 0.2) is 0 Å². The number of ether oxygens (including phenoxy) is 1. The zero-order valence-corrected chi connectivity index (χ0v) is 7.16. The minimum Gasteiger partial charge on any atom is -0.486 e. The Balaban J connectivity index is 2.54. The van der Waals surface area contributed by atoms with Crippen LogP contribution >= 0.6 is 0 Å². The van der Waals surface area contributed by atoms with Crippen molar-refractivity contribution in [2.45, 2.75) is 6.61 Å². The first-order valence-electron chi connectivity index (χ1n) is 3.88. The second kappa shape index (κ2) is 4.47. The third kappa shape index (κ3) is 3.13. The molecule has 0 aliphatic heterocycles. The van der Waals surface area contributed by atoms with E-state index in [1.54, 1.807) is 24.3 Å². The monoisotopic (exact) mass is 180 g/mol. The van der Waals surface area contributed by atoms with Crippen LogP contribution in [0.4, 0.5) is 0 Å². The molecule has 1 aromatic rings. The molecule has 0 radical (unpaired) electrons. The average Bonchev–Trinajstić information content (AvgIpc) is 2.15. The highest BCUT2D eigenvalue weighted by Crippen LogP contribution is 2.11. The minimum atomic E-state index is -0.00812. The zero-order valence-electron chi connectivity index (χ0n) is 7.16. The van der Waals surface area contributed by atoms with Gasteiger partial charge in [-0.15, -0.1) is 0 Å². The maximum atomic E-state index is 8.75. The van der Waals surface area contributed by atoms with Crippen LogP contribution in [0.5, 0.6) is 5.75 Å². The first-order chi connectivity index (χ1) is 6.22. The number of nitrogens with two attached hydrogens (primary N) is 1. The van der Waals surface area contributed by atoms with Crippen molar-refractivity contribution >= 4 is 5.84 Å². The molecule has 4 N–H and O–H groups in total. The van der Waals surface area contributed by atoms with Crippen LogP contribution < -0.4 is 10.5 Å². The van der Waals surface area contributed by atoms with E-state index in [-0.39, 0.29) is 19.0 Å². The standard InChI is InChI=1S/C9H12N2O2/c10-9(11)6-13-8-3-1-7(5-12)2-4-8/h1-4,12H,5-6H2,(H3,10,11). The molecule has 0 fully saturated rings. The quantitative estimate of drug-likeness (QED) is 0.466. The van der Waals surface area contributed by atoms with Crippen LogP contribution in [0.2, 0.25) is 0 Å². The van der Waals surface area contributed by atoms with Crippen molar-refractivity contribution in [3.05, 3.63) is 29.8 Å². The van der Waals surface area contributed by atoms with Gasteiger partial charge in [0, 0.05) is 0 Å². The molecule has 4 nitrogen and oxygen atoms in total. The predicted molar refractivity (Wildman–Crippen MR) is 49.8 cm³/mol.